The monoisotopic (exact) mass is 457 g/mol. The lowest BCUT2D eigenvalue weighted by atomic mass is 9.96. The highest BCUT2D eigenvalue weighted by Gasteiger charge is 2.24. The second kappa shape index (κ2) is 11.6. The fourth-order valence-corrected chi connectivity index (χ4v) is 4.65. The normalized spacial score (nSPS) is 18.0. The lowest BCUT2D eigenvalue weighted by Crippen LogP contribution is -2.54. The molecule has 178 valence electrons. The molecule has 1 aliphatic heterocycles. The van der Waals surface area contributed by atoms with E-state index in [2.05, 4.69) is 10.2 Å². The summed E-state index contributed by atoms with van der Waals surface area (Å²) in [5.74, 6) is -0.607. The van der Waals surface area contributed by atoms with Gasteiger partial charge in [0.15, 0.2) is 0 Å². The van der Waals surface area contributed by atoms with Gasteiger partial charge < -0.3 is 15.0 Å². The van der Waals surface area contributed by atoms with E-state index in [0.29, 0.717) is 25.7 Å². The van der Waals surface area contributed by atoms with Crippen molar-refractivity contribution in [3.05, 3.63) is 71.3 Å². The van der Waals surface area contributed by atoms with Crippen LogP contribution >= 0.6 is 0 Å². The van der Waals surface area contributed by atoms with Gasteiger partial charge in [0.1, 0.15) is 17.7 Å². The average Bonchev–Trinajstić information content (AvgIpc) is 2.84. The van der Waals surface area contributed by atoms with Gasteiger partial charge in [-0.15, -0.1) is 0 Å². The Balaban J connectivity index is 1.26. The third-order valence-corrected chi connectivity index (χ3v) is 6.63. The van der Waals surface area contributed by atoms with E-state index < -0.39 is 6.10 Å². The maximum absolute atomic E-state index is 13.4. The number of benzene rings is 2. The van der Waals surface area contributed by atoms with Gasteiger partial charge in [0.25, 0.3) is 0 Å². The van der Waals surface area contributed by atoms with Crippen LogP contribution in [0.2, 0.25) is 0 Å². The number of carbonyl (C=O) groups excluding carboxylic acids is 1. The summed E-state index contributed by atoms with van der Waals surface area (Å²) in [5.41, 5.74) is 1.65. The molecule has 7 heteroatoms. The van der Waals surface area contributed by atoms with Gasteiger partial charge in [-0.05, 0) is 48.2 Å². The molecule has 33 heavy (non-hydrogen) atoms. The molecule has 1 saturated heterocycles. The standard InChI is InChI=1S/C26H33F2N3O2/c27-22-10-6-20(7-11-22)25(21-8-12-23(28)13-9-21)33-19-18-30-14-16-31(17-15-30)26(32)29-24-4-2-1-3-5-24/h6-13,24-25H,1-5,14-19H2,(H,29,32). The van der Waals surface area contributed by atoms with E-state index in [1.807, 2.05) is 4.90 Å². The number of hydrogen-bond acceptors (Lipinski definition) is 3. The number of rotatable bonds is 7. The van der Waals surface area contributed by atoms with E-state index >= 15 is 0 Å². The Morgan fingerprint density at radius 2 is 1.42 bits per heavy atom. The number of nitrogens with one attached hydrogen (secondary N) is 1. The minimum absolute atomic E-state index is 0.0606. The van der Waals surface area contributed by atoms with Crippen LogP contribution in [0.5, 0.6) is 0 Å². The summed E-state index contributed by atoms with van der Waals surface area (Å²) in [4.78, 5) is 16.8. The predicted molar refractivity (Wildman–Crippen MR) is 124 cm³/mol. The van der Waals surface area contributed by atoms with Gasteiger partial charge in [0.2, 0.25) is 0 Å². The quantitative estimate of drug-likeness (QED) is 0.654. The Morgan fingerprint density at radius 3 is 1.97 bits per heavy atom. The molecular formula is C26H33F2N3O2. The number of halogens is 2. The molecule has 0 radical (unpaired) electrons. The van der Waals surface area contributed by atoms with Gasteiger partial charge >= 0.3 is 6.03 Å². The van der Waals surface area contributed by atoms with E-state index in [1.165, 1.54) is 43.5 Å². The first-order valence-electron chi connectivity index (χ1n) is 12.0. The SMILES string of the molecule is O=C(NC1CCCCC1)N1CCN(CCOC(c2ccc(F)cc2)c2ccc(F)cc2)CC1. The fraction of sp³-hybridized carbons (Fsp3) is 0.500. The highest BCUT2D eigenvalue weighted by atomic mass is 19.1. The first-order valence-corrected chi connectivity index (χ1v) is 12.0. The van der Waals surface area contributed by atoms with Crippen LogP contribution in [-0.2, 0) is 4.74 Å². The van der Waals surface area contributed by atoms with Gasteiger partial charge in [0.05, 0.1) is 6.61 Å². The van der Waals surface area contributed by atoms with E-state index in [4.69, 9.17) is 4.74 Å². The third-order valence-electron chi connectivity index (χ3n) is 6.63. The zero-order chi connectivity index (χ0) is 23.0. The number of piperazine rings is 1. The molecular weight excluding hydrogens is 424 g/mol. The minimum atomic E-state index is -0.395. The molecule has 1 heterocycles. The topological polar surface area (TPSA) is 44.8 Å². The van der Waals surface area contributed by atoms with Gasteiger partial charge in [-0.1, -0.05) is 43.5 Å². The average molecular weight is 458 g/mol. The predicted octanol–water partition coefficient (Wildman–Crippen LogP) is 4.73. The van der Waals surface area contributed by atoms with Crippen LogP contribution in [0.4, 0.5) is 13.6 Å². The smallest absolute Gasteiger partial charge is 0.317 e. The Bertz CT molecular complexity index is 832. The molecule has 2 aliphatic rings. The molecule has 1 N–H and O–H groups in total. The van der Waals surface area contributed by atoms with Crippen molar-refractivity contribution in [3.8, 4) is 0 Å². The van der Waals surface area contributed by atoms with Crippen LogP contribution in [0.3, 0.4) is 0 Å². The molecule has 2 aromatic rings. The van der Waals surface area contributed by atoms with Crippen LogP contribution in [0, 0.1) is 11.6 Å². The first-order chi connectivity index (χ1) is 16.1. The third kappa shape index (κ3) is 6.74. The zero-order valence-corrected chi connectivity index (χ0v) is 19.0. The van der Waals surface area contributed by atoms with Crippen LogP contribution in [0.1, 0.15) is 49.3 Å². The van der Waals surface area contributed by atoms with Crippen LogP contribution in [0.15, 0.2) is 48.5 Å². The van der Waals surface area contributed by atoms with E-state index in [0.717, 1.165) is 43.6 Å². The summed E-state index contributed by atoms with van der Waals surface area (Å²) < 4.78 is 33.0. The number of urea groups is 1. The summed E-state index contributed by atoms with van der Waals surface area (Å²) in [7, 11) is 0. The first kappa shape index (κ1) is 23.6. The van der Waals surface area contributed by atoms with Crippen molar-refractivity contribution in [2.75, 3.05) is 39.3 Å². The highest BCUT2D eigenvalue weighted by Crippen LogP contribution is 2.26. The van der Waals surface area contributed by atoms with Crippen molar-refractivity contribution in [1.29, 1.82) is 0 Å². The Kier molecular flexibility index (Phi) is 8.29. The Hall–Kier alpha value is -2.51. The molecule has 0 unspecified atom stereocenters. The van der Waals surface area contributed by atoms with E-state index in [9.17, 15) is 13.6 Å². The number of ether oxygens (including phenoxy) is 1. The summed E-state index contributed by atoms with van der Waals surface area (Å²) in [6, 6.07) is 12.8. The Labute approximate surface area is 194 Å². The molecule has 1 aliphatic carbocycles. The summed E-state index contributed by atoms with van der Waals surface area (Å²) in [5, 5.41) is 3.20. The molecule has 0 bridgehead atoms. The van der Waals surface area contributed by atoms with Crippen molar-refractivity contribution in [2.45, 2.75) is 44.2 Å². The van der Waals surface area contributed by atoms with Crippen molar-refractivity contribution >= 4 is 6.03 Å². The van der Waals surface area contributed by atoms with E-state index in [-0.39, 0.29) is 17.7 Å². The van der Waals surface area contributed by atoms with Crippen LogP contribution < -0.4 is 5.32 Å². The zero-order valence-electron chi connectivity index (χ0n) is 19.0. The molecule has 4 rings (SSSR count). The van der Waals surface area contributed by atoms with E-state index in [1.54, 1.807) is 24.3 Å². The molecule has 2 fully saturated rings. The molecule has 0 atom stereocenters. The van der Waals surface area contributed by atoms with Crippen molar-refractivity contribution in [1.82, 2.24) is 15.1 Å². The lowest BCUT2D eigenvalue weighted by molar-refractivity contribution is 0.0489. The molecule has 5 nitrogen and oxygen atoms in total. The number of hydrogen-bond donors (Lipinski definition) is 1. The fourth-order valence-electron chi connectivity index (χ4n) is 4.65. The number of amides is 2. The van der Waals surface area contributed by atoms with Gasteiger partial charge in [0, 0.05) is 38.8 Å². The molecule has 0 aromatic heterocycles. The van der Waals surface area contributed by atoms with Gasteiger partial charge in [-0.2, -0.15) is 0 Å². The van der Waals surface area contributed by atoms with Crippen molar-refractivity contribution < 1.29 is 18.3 Å². The summed E-state index contributed by atoms with van der Waals surface area (Å²) in [6.45, 7) is 4.24. The minimum Gasteiger partial charge on any atom is -0.367 e. The van der Waals surface area contributed by atoms with Gasteiger partial charge in [-0.3, -0.25) is 4.90 Å². The van der Waals surface area contributed by atoms with Crippen LogP contribution in [-0.4, -0.2) is 61.2 Å². The summed E-state index contributed by atoms with van der Waals surface area (Å²) >= 11 is 0. The number of nitrogens with zero attached hydrogens (tertiary/aromatic N) is 2. The summed E-state index contributed by atoms with van der Waals surface area (Å²) in [6.07, 6.45) is 5.47. The van der Waals surface area contributed by atoms with Crippen molar-refractivity contribution in [2.24, 2.45) is 0 Å². The highest BCUT2D eigenvalue weighted by molar-refractivity contribution is 5.74. The number of carbonyl (C=O) groups is 1. The Morgan fingerprint density at radius 1 is 0.879 bits per heavy atom. The molecule has 0 spiro atoms. The van der Waals surface area contributed by atoms with Gasteiger partial charge in [-0.25, -0.2) is 13.6 Å². The maximum Gasteiger partial charge on any atom is 0.317 e. The molecule has 1 saturated carbocycles. The second-order valence-electron chi connectivity index (χ2n) is 8.97. The molecule has 2 aromatic carbocycles. The largest absolute Gasteiger partial charge is 0.367 e. The maximum atomic E-state index is 13.4. The lowest BCUT2D eigenvalue weighted by Gasteiger charge is -2.36. The molecule has 2 amide bonds. The van der Waals surface area contributed by atoms with Crippen molar-refractivity contribution in [3.63, 3.8) is 0 Å². The van der Waals surface area contributed by atoms with Crippen LogP contribution in [0.25, 0.3) is 0 Å². The second-order valence-corrected chi connectivity index (χ2v) is 8.97.